The highest BCUT2D eigenvalue weighted by Crippen LogP contribution is 2.17. The van der Waals surface area contributed by atoms with E-state index in [4.69, 9.17) is 0 Å². The molecule has 0 aliphatic carbocycles. The highest BCUT2D eigenvalue weighted by atomic mass is 79.9. The monoisotopic (exact) mass is 334 g/mol. The first-order chi connectivity index (χ1) is 9.63. The predicted molar refractivity (Wildman–Crippen MR) is 80.7 cm³/mol. The van der Waals surface area contributed by atoms with E-state index in [9.17, 15) is 4.79 Å². The van der Waals surface area contributed by atoms with Gasteiger partial charge in [0.25, 0.3) is 5.91 Å². The second kappa shape index (κ2) is 5.28. The van der Waals surface area contributed by atoms with Gasteiger partial charge in [0.05, 0.1) is 6.54 Å². The first-order valence-corrected chi connectivity index (χ1v) is 7.24. The van der Waals surface area contributed by atoms with Gasteiger partial charge in [-0.15, -0.1) is 0 Å². The van der Waals surface area contributed by atoms with Crippen molar-refractivity contribution in [3.8, 4) is 0 Å². The molecule has 0 unspecified atom stereocenters. The molecule has 0 saturated heterocycles. The second-order valence-corrected chi connectivity index (χ2v) is 5.76. The Bertz CT molecular complexity index is 652. The molecule has 1 N–H and O–H groups in total. The van der Waals surface area contributed by atoms with Gasteiger partial charge >= 0.3 is 0 Å². The summed E-state index contributed by atoms with van der Waals surface area (Å²) < 4.78 is 2.82. The zero-order chi connectivity index (χ0) is 14.1. The molecule has 0 radical (unpaired) electrons. The zero-order valence-corrected chi connectivity index (χ0v) is 12.7. The van der Waals surface area contributed by atoms with E-state index in [0.29, 0.717) is 18.8 Å². The largest absolute Gasteiger partial charge is 0.365 e. The number of anilines is 1. The van der Waals surface area contributed by atoms with Gasteiger partial charge in [0.2, 0.25) is 0 Å². The fourth-order valence-corrected chi connectivity index (χ4v) is 2.67. The Hall–Kier alpha value is -1.82. The minimum Gasteiger partial charge on any atom is -0.365 e. The molecule has 6 heteroatoms. The summed E-state index contributed by atoms with van der Waals surface area (Å²) in [6.07, 6.45) is 0. The Labute approximate surface area is 125 Å². The fourth-order valence-electron chi connectivity index (χ4n) is 2.23. The van der Waals surface area contributed by atoms with Crippen molar-refractivity contribution in [3.05, 3.63) is 46.1 Å². The minimum absolute atomic E-state index is 0.0271. The summed E-state index contributed by atoms with van der Waals surface area (Å²) in [4.78, 5) is 13.7. The van der Waals surface area contributed by atoms with Crippen molar-refractivity contribution < 1.29 is 4.79 Å². The average molecular weight is 335 g/mol. The Balaban J connectivity index is 1.73. The molecule has 3 rings (SSSR count). The normalized spacial score (nSPS) is 14.3. The Kier molecular flexibility index (Phi) is 3.48. The van der Waals surface area contributed by atoms with E-state index in [1.165, 1.54) is 0 Å². The molecule has 1 aromatic heterocycles. The summed E-state index contributed by atoms with van der Waals surface area (Å²) in [6, 6.07) is 9.91. The van der Waals surface area contributed by atoms with Crippen molar-refractivity contribution in [2.45, 2.75) is 13.1 Å². The smallest absolute Gasteiger partial charge is 0.272 e. The maximum Gasteiger partial charge on any atom is 0.272 e. The van der Waals surface area contributed by atoms with Gasteiger partial charge in [-0.1, -0.05) is 28.1 Å². The summed E-state index contributed by atoms with van der Waals surface area (Å²) in [5.41, 5.74) is 1.81. The Morgan fingerprint density at radius 2 is 2.20 bits per heavy atom. The molecule has 1 aliphatic rings. The van der Waals surface area contributed by atoms with Gasteiger partial charge < -0.3 is 10.2 Å². The number of carbonyl (C=O) groups excluding carboxylic acids is 1. The van der Waals surface area contributed by atoms with Crippen molar-refractivity contribution in [1.82, 2.24) is 14.7 Å². The number of rotatable bonds is 3. The Morgan fingerprint density at radius 1 is 1.35 bits per heavy atom. The Morgan fingerprint density at radius 3 is 3.00 bits per heavy atom. The molecule has 104 valence electrons. The van der Waals surface area contributed by atoms with Crippen LogP contribution in [0.4, 0.5) is 5.82 Å². The van der Waals surface area contributed by atoms with Crippen LogP contribution in [0.1, 0.15) is 16.1 Å². The molecule has 0 fully saturated rings. The second-order valence-electron chi connectivity index (χ2n) is 4.85. The van der Waals surface area contributed by atoms with E-state index in [1.54, 1.807) is 9.58 Å². The number of fused-ring (bicyclic) bond motifs is 1. The van der Waals surface area contributed by atoms with Crippen LogP contribution in [0.5, 0.6) is 0 Å². The number of likely N-dealkylation sites (N-methyl/N-ethyl adjacent to an activating group) is 1. The van der Waals surface area contributed by atoms with Crippen LogP contribution in [0.25, 0.3) is 0 Å². The molecule has 5 nitrogen and oxygen atoms in total. The number of hydrogen-bond donors (Lipinski definition) is 1. The molecule has 1 amide bonds. The lowest BCUT2D eigenvalue weighted by molar-refractivity contribution is 0.0743. The van der Waals surface area contributed by atoms with E-state index < -0.39 is 0 Å². The lowest BCUT2D eigenvalue weighted by atomic mass is 10.2. The third-order valence-electron chi connectivity index (χ3n) is 3.36. The third kappa shape index (κ3) is 2.56. The number of benzene rings is 1. The van der Waals surface area contributed by atoms with Gasteiger partial charge in [0.1, 0.15) is 11.5 Å². The van der Waals surface area contributed by atoms with Gasteiger partial charge in [-0.3, -0.25) is 9.48 Å². The van der Waals surface area contributed by atoms with E-state index in [-0.39, 0.29) is 5.91 Å². The molecule has 0 spiro atoms. The van der Waals surface area contributed by atoms with Gasteiger partial charge in [0.15, 0.2) is 0 Å². The third-order valence-corrected chi connectivity index (χ3v) is 3.85. The van der Waals surface area contributed by atoms with Crippen molar-refractivity contribution >= 4 is 27.7 Å². The van der Waals surface area contributed by atoms with Crippen LogP contribution < -0.4 is 5.32 Å². The van der Waals surface area contributed by atoms with E-state index in [2.05, 4.69) is 32.4 Å². The molecule has 2 heterocycles. The first-order valence-electron chi connectivity index (χ1n) is 6.45. The van der Waals surface area contributed by atoms with Crippen molar-refractivity contribution in [2.24, 2.45) is 0 Å². The molecular formula is C14H15BrN4O. The summed E-state index contributed by atoms with van der Waals surface area (Å²) in [5.74, 6) is 0.767. The zero-order valence-electron chi connectivity index (χ0n) is 11.1. The molecule has 1 aromatic carbocycles. The van der Waals surface area contributed by atoms with Gasteiger partial charge in [-0.25, -0.2) is 0 Å². The van der Waals surface area contributed by atoms with E-state index in [1.807, 2.05) is 31.3 Å². The topological polar surface area (TPSA) is 50.2 Å². The molecular weight excluding hydrogens is 320 g/mol. The highest BCUT2D eigenvalue weighted by Gasteiger charge is 2.23. The van der Waals surface area contributed by atoms with Crippen LogP contribution in [0.3, 0.4) is 0 Å². The van der Waals surface area contributed by atoms with Crippen molar-refractivity contribution in [3.63, 3.8) is 0 Å². The number of aromatic nitrogens is 2. The van der Waals surface area contributed by atoms with Crippen LogP contribution in [0.2, 0.25) is 0 Å². The molecule has 2 aromatic rings. The summed E-state index contributed by atoms with van der Waals surface area (Å²) >= 11 is 3.45. The van der Waals surface area contributed by atoms with Gasteiger partial charge in [-0.05, 0) is 17.7 Å². The van der Waals surface area contributed by atoms with Crippen LogP contribution >= 0.6 is 15.9 Å². The van der Waals surface area contributed by atoms with Crippen LogP contribution in [0, 0.1) is 0 Å². The number of hydrogen-bond acceptors (Lipinski definition) is 3. The van der Waals surface area contributed by atoms with Crippen molar-refractivity contribution in [2.75, 3.05) is 18.9 Å². The maximum atomic E-state index is 12.0. The molecule has 20 heavy (non-hydrogen) atoms. The van der Waals surface area contributed by atoms with Crippen LogP contribution in [-0.4, -0.2) is 34.2 Å². The number of halogens is 1. The van der Waals surface area contributed by atoms with Crippen LogP contribution in [0.15, 0.2) is 34.8 Å². The van der Waals surface area contributed by atoms with E-state index in [0.717, 1.165) is 22.4 Å². The lowest BCUT2D eigenvalue weighted by Gasteiger charge is -2.22. The lowest BCUT2D eigenvalue weighted by Crippen LogP contribution is -2.37. The standard InChI is InChI=1S/C14H15BrN4O/c1-18-5-6-19-12(14(18)20)8-13(17-19)16-9-10-3-2-4-11(15)7-10/h2-4,7-8H,5-6,9H2,1H3,(H,16,17). The summed E-state index contributed by atoms with van der Waals surface area (Å²) in [6.45, 7) is 2.13. The van der Waals surface area contributed by atoms with Crippen molar-refractivity contribution in [1.29, 1.82) is 0 Å². The fraction of sp³-hybridized carbons (Fsp3) is 0.286. The highest BCUT2D eigenvalue weighted by molar-refractivity contribution is 9.10. The number of nitrogens with one attached hydrogen (secondary N) is 1. The van der Waals surface area contributed by atoms with Gasteiger partial charge in [0, 0.05) is 30.7 Å². The quantitative estimate of drug-likeness (QED) is 0.937. The first kappa shape index (κ1) is 13.2. The minimum atomic E-state index is 0.0271. The number of amides is 1. The predicted octanol–water partition coefficient (Wildman–Crippen LogP) is 2.34. The van der Waals surface area contributed by atoms with Crippen LogP contribution in [-0.2, 0) is 13.1 Å². The summed E-state index contributed by atoms with van der Waals surface area (Å²) in [5, 5.41) is 7.68. The molecule has 1 aliphatic heterocycles. The molecule has 0 bridgehead atoms. The van der Waals surface area contributed by atoms with Gasteiger partial charge in [-0.2, -0.15) is 5.10 Å². The summed E-state index contributed by atoms with van der Waals surface area (Å²) in [7, 11) is 1.81. The SMILES string of the molecule is CN1CCn2nc(NCc3cccc(Br)c3)cc2C1=O. The molecule has 0 saturated carbocycles. The average Bonchev–Trinajstić information content (AvgIpc) is 2.85. The maximum absolute atomic E-state index is 12.0. The molecule has 0 atom stereocenters. The number of carbonyl (C=O) groups is 1. The van der Waals surface area contributed by atoms with E-state index >= 15 is 0 Å². The number of nitrogens with zero attached hydrogens (tertiary/aromatic N) is 3.